The third-order valence-electron chi connectivity index (χ3n) is 2.13. The number of aryl methyl sites for hydroxylation is 1. The van der Waals surface area contributed by atoms with Crippen molar-refractivity contribution in [3.05, 3.63) is 29.8 Å². The lowest BCUT2D eigenvalue weighted by Crippen LogP contribution is -2.01. The lowest BCUT2D eigenvalue weighted by molar-refractivity contribution is 0.921. The highest BCUT2D eigenvalue weighted by Crippen LogP contribution is 2.10. The Bertz CT molecular complexity index is 243. The van der Waals surface area contributed by atoms with Crippen molar-refractivity contribution in [2.24, 2.45) is 0 Å². The molecular weight excluding hydrogens is 194 g/mol. The Hall–Kier alpha value is -0.690. The smallest absolute Gasteiger partial charge is 0.0340 e. The van der Waals surface area contributed by atoms with Gasteiger partial charge in [0.05, 0.1) is 0 Å². The fourth-order valence-electron chi connectivity index (χ4n) is 1.38. The van der Waals surface area contributed by atoms with Crippen LogP contribution in [0.25, 0.3) is 0 Å². The minimum atomic E-state index is 0.723. The summed E-state index contributed by atoms with van der Waals surface area (Å²) < 4.78 is 0. The molecule has 0 aliphatic heterocycles. The summed E-state index contributed by atoms with van der Waals surface area (Å²) in [6, 6.07) is 8.65. The second-order valence-electron chi connectivity index (χ2n) is 3.42. The van der Waals surface area contributed by atoms with E-state index in [0.29, 0.717) is 0 Å². The SMILES string of the molecule is CCCc1ccc(NCCCCl)cc1. The first kappa shape index (κ1) is 11.4. The van der Waals surface area contributed by atoms with E-state index in [0.717, 1.165) is 18.8 Å². The van der Waals surface area contributed by atoms with Gasteiger partial charge in [-0.25, -0.2) is 0 Å². The molecule has 1 aromatic carbocycles. The van der Waals surface area contributed by atoms with E-state index in [1.54, 1.807) is 0 Å². The zero-order valence-corrected chi connectivity index (χ0v) is 9.48. The van der Waals surface area contributed by atoms with Crippen LogP contribution in [-0.4, -0.2) is 12.4 Å². The predicted molar refractivity (Wildman–Crippen MR) is 64.3 cm³/mol. The van der Waals surface area contributed by atoms with Crippen LogP contribution in [0.2, 0.25) is 0 Å². The fourth-order valence-corrected chi connectivity index (χ4v) is 1.51. The van der Waals surface area contributed by atoms with Crippen molar-refractivity contribution in [3.8, 4) is 0 Å². The van der Waals surface area contributed by atoms with Gasteiger partial charge in [-0.1, -0.05) is 25.5 Å². The highest BCUT2D eigenvalue weighted by molar-refractivity contribution is 6.17. The predicted octanol–water partition coefficient (Wildman–Crippen LogP) is 3.68. The maximum Gasteiger partial charge on any atom is 0.0340 e. The summed E-state index contributed by atoms with van der Waals surface area (Å²) in [5.41, 5.74) is 2.60. The Morgan fingerprint density at radius 1 is 1.21 bits per heavy atom. The Kier molecular flexibility index (Phi) is 5.46. The van der Waals surface area contributed by atoms with Crippen LogP contribution >= 0.6 is 11.6 Å². The molecule has 1 nitrogen and oxygen atoms in total. The second-order valence-corrected chi connectivity index (χ2v) is 3.79. The molecule has 1 N–H and O–H groups in total. The van der Waals surface area contributed by atoms with E-state index in [1.165, 1.54) is 24.1 Å². The van der Waals surface area contributed by atoms with Crippen LogP contribution in [0.3, 0.4) is 0 Å². The van der Waals surface area contributed by atoms with Gasteiger partial charge in [0.1, 0.15) is 0 Å². The minimum Gasteiger partial charge on any atom is -0.385 e. The van der Waals surface area contributed by atoms with Gasteiger partial charge in [-0.3, -0.25) is 0 Å². The van der Waals surface area contributed by atoms with Gasteiger partial charge < -0.3 is 5.32 Å². The number of hydrogen-bond donors (Lipinski definition) is 1. The molecule has 2 heteroatoms. The first-order valence-corrected chi connectivity index (χ1v) is 5.79. The summed E-state index contributed by atoms with van der Waals surface area (Å²) in [6.45, 7) is 3.16. The number of anilines is 1. The molecule has 1 rings (SSSR count). The van der Waals surface area contributed by atoms with Crippen LogP contribution in [0.5, 0.6) is 0 Å². The van der Waals surface area contributed by atoms with Gasteiger partial charge in [0.25, 0.3) is 0 Å². The highest BCUT2D eigenvalue weighted by Gasteiger charge is 1.92. The number of rotatable bonds is 6. The summed E-state index contributed by atoms with van der Waals surface area (Å²) in [4.78, 5) is 0. The van der Waals surface area contributed by atoms with E-state index in [1.807, 2.05) is 0 Å². The highest BCUT2D eigenvalue weighted by atomic mass is 35.5. The van der Waals surface area contributed by atoms with Gasteiger partial charge in [-0.15, -0.1) is 11.6 Å². The van der Waals surface area contributed by atoms with Crippen LogP contribution in [-0.2, 0) is 6.42 Å². The third-order valence-corrected chi connectivity index (χ3v) is 2.40. The van der Waals surface area contributed by atoms with Gasteiger partial charge in [0.15, 0.2) is 0 Å². The van der Waals surface area contributed by atoms with Crippen molar-refractivity contribution in [1.82, 2.24) is 0 Å². The van der Waals surface area contributed by atoms with Gasteiger partial charge in [0.2, 0.25) is 0 Å². The Balaban J connectivity index is 2.38. The molecule has 0 amide bonds. The summed E-state index contributed by atoms with van der Waals surface area (Å²) in [5.74, 6) is 0.723. The summed E-state index contributed by atoms with van der Waals surface area (Å²) in [6.07, 6.45) is 3.39. The van der Waals surface area contributed by atoms with E-state index in [-0.39, 0.29) is 0 Å². The van der Waals surface area contributed by atoms with Crippen LogP contribution in [0.4, 0.5) is 5.69 Å². The van der Waals surface area contributed by atoms with Crippen molar-refractivity contribution in [2.75, 3.05) is 17.7 Å². The molecule has 0 fully saturated rings. The molecule has 0 radical (unpaired) electrons. The van der Waals surface area contributed by atoms with E-state index in [4.69, 9.17) is 11.6 Å². The van der Waals surface area contributed by atoms with Crippen molar-refractivity contribution in [3.63, 3.8) is 0 Å². The lowest BCUT2D eigenvalue weighted by atomic mass is 10.1. The average molecular weight is 212 g/mol. The number of benzene rings is 1. The molecule has 14 heavy (non-hydrogen) atoms. The van der Waals surface area contributed by atoms with Crippen molar-refractivity contribution >= 4 is 17.3 Å². The zero-order chi connectivity index (χ0) is 10.2. The summed E-state index contributed by atoms with van der Waals surface area (Å²) in [5, 5.41) is 3.33. The van der Waals surface area contributed by atoms with E-state index >= 15 is 0 Å². The van der Waals surface area contributed by atoms with Crippen molar-refractivity contribution in [1.29, 1.82) is 0 Å². The maximum absolute atomic E-state index is 5.59. The normalized spacial score (nSPS) is 10.1. The quantitative estimate of drug-likeness (QED) is 0.559. The van der Waals surface area contributed by atoms with Crippen LogP contribution in [0, 0.1) is 0 Å². The Labute approximate surface area is 91.5 Å². The largest absolute Gasteiger partial charge is 0.385 e. The topological polar surface area (TPSA) is 12.0 Å². The monoisotopic (exact) mass is 211 g/mol. The lowest BCUT2D eigenvalue weighted by Gasteiger charge is -2.05. The van der Waals surface area contributed by atoms with E-state index in [2.05, 4.69) is 36.5 Å². The molecule has 0 aliphatic carbocycles. The molecule has 78 valence electrons. The maximum atomic E-state index is 5.59. The fraction of sp³-hybridized carbons (Fsp3) is 0.500. The van der Waals surface area contributed by atoms with Crippen molar-refractivity contribution < 1.29 is 0 Å². The van der Waals surface area contributed by atoms with Gasteiger partial charge in [0, 0.05) is 18.1 Å². The minimum absolute atomic E-state index is 0.723. The number of nitrogens with one attached hydrogen (secondary N) is 1. The molecule has 0 saturated carbocycles. The van der Waals surface area contributed by atoms with Gasteiger partial charge >= 0.3 is 0 Å². The van der Waals surface area contributed by atoms with Crippen LogP contribution in [0.15, 0.2) is 24.3 Å². The number of alkyl halides is 1. The first-order chi connectivity index (χ1) is 6.86. The van der Waals surface area contributed by atoms with E-state index in [9.17, 15) is 0 Å². The number of halogens is 1. The molecule has 0 aromatic heterocycles. The first-order valence-electron chi connectivity index (χ1n) is 5.25. The Morgan fingerprint density at radius 3 is 2.50 bits per heavy atom. The van der Waals surface area contributed by atoms with Gasteiger partial charge in [-0.2, -0.15) is 0 Å². The number of hydrogen-bond acceptors (Lipinski definition) is 1. The van der Waals surface area contributed by atoms with Crippen LogP contribution < -0.4 is 5.32 Å². The zero-order valence-electron chi connectivity index (χ0n) is 8.72. The molecular formula is C12H18ClN. The van der Waals surface area contributed by atoms with E-state index < -0.39 is 0 Å². The third kappa shape index (κ3) is 4.01. The van der Waals surface area contributed by atoms with Crippen LogP contribution in [0.1, 0.15) is 25.3 Å². The molecule has 0 saturated heterocycles. The molecule has 0 spiro atoms. The standard InChI is InChI=1S/C12H18ClN/c1-2-4-11-5-7-12(8-6-11)14-10-3-9-13/h5-8,14H,2-4,9-10H2,1H3. The molecule has 0 bridgehead atoms. The summed E-state index contributed by atoms with van der Waals surface area (Å²) in [7, 11) is 0. The molecule has 0 atom stereocenters. The molecule has 0 aliphatic rings. The molecule has 0 heterocycles. The van der Waals surface area contributed by atoms with Crippen molar-refractivity contribution in [2.45, 2.75) is 26.2 Å². The average Bonchev–Trinajstić information content (AvgIpc) is 2.21. The molecule has 1 aromatic rings. The Morgan fingerprint density at radius 2 is 1.93 bits per heavy atom. The van der Waals surface area contributed by atoms with Gasteiger partial charge in [-0.05, 0) is 30.5 Å². The molecule has 0 unspecified atom stereocenters. The summed E-state index contributed by atoms with van der Waals surface area (Å²) >= 11 is 5.59. The second kappa shape index (κ2) is 6.72.